The maximum atomic E-state index is 12.4. The monoisotopic (exact) mass is 309 g/mol. The highest BCUT2D eigenvalue weighted by atomic mass is 32.2. The molecule has 4 heteroatoms. The van der Waals surface area contributed by atoms with Crippen LogP contribution in [0.4, 0.5) is 0 Å². The van der Waals surface area contributed by atoms with E-state index in [1.807, 2.05) is 7.05 Å². The highest BCUT2D eigenvalue weighted by molar-refractivity contribution is 7.92. The number of nitrogens with one attached hydrogen (secondary N) is 1. The Morgan fingerprint density at radius 3 is 2.48 bits per heavy atom. The van der Waals surface area contributed by atoms with Crippen molar-refractivity contribution in [3.63, 3.8) is 0 Å². The van der Waals surface area contributed by atoms with E-state index >= 15 is 0 Å². The quantitative estimate of drug-likeness (QED) is 0.909. The maximum Gasteiger partial charge on any atom is 0.155 e. The van der Waals surface area contributed by atoms with Gasteiger partial charge in [-0.25, -0.2) is 8.42 Å². The lowest BCUT2D eigenvalue weighted by atomic mass is 9.94. The summed E-state index contributed by atoms with van der Waals surface area (Å²) >= 11 is 0. The van der Waals surface area contributed by atoms with Crippen LogP contribution in [0.5, 0.6) is 0 Å². The molecule has 1 saturated heterocycles. The summed E-state index contributed by atoms with van der Waals surface area (Å²) < 4.78 is 24.8. The first kappa shape index (κ1) is 16.5. The molecule has 0 amide bonds. The van der Waals surface area contributed by atoms with E-state index in [2.05, 4.69) is 37.4 Å². The van der Waals surface area contributed by atoms with Crippen molar-refractivity contribution in [2.24, 2.45) is 0 Å². The van der Waals surface area contributed by atoms with Crippen LogP contribution in [0, 0.1) is 0 Å². The van der Waals surface area contributed by atoms with Crippen LogP contribution in [0.2, 0.25) is 0 Å². The predicted molar refractivity (Wildman–Crippen MR) is 88.4 cm³/mol. The van der Waals surface area contributed by atoms with Gasteiger partial charge in [-0.05, 0) is 49.4 Å². The smallest absolute Gasteiger partial charge is 0.155 e. The van der Waals surface area contributed by atoms with E-state index in [1.54, 1.807) is 0 Å². The average Bonchev–Trinajstić information content (AvgIpc) is 2.49. The SMILES string of the molecule is CCc1ccc(C(NC)C2CCCCS2(=O)=O)cc1CC. The van der Waals surface area contributed by atoms with Crippen LogP contribution in [0.15, 0.2) is 18.2 Å². The van der Waals surface area contributed by atoms with Crippen LogP contribution in [0.1, 0.15) is 55.8 Å². The molecule has 1 heterocycles. The number of benzene rings is 1. The fourth-order valence-corrected chi connectivity index (χ4v) is 5.58. The Hall–Kier alpha value is -0.870. The minimum atomic E-state index is -2.98. The summed E-state index contributed by atoms with van der Waals surface area (Å²) in [6.45, 7) is 4.32. The van der Waals surface area contributed by atoms with E-state index < -0.39 is 9.84 Å². The van der Waals surface area contributed by atoms with E-state index in [-0.39, 0.29) is 11.3 Å². The molecule has 1 N–H and O–H groups in total. The second kappa shape index (κ2) is 6.93. The first-order chi connectivity index (χ1) is 10.0. The van der Waals surface area contributed by atoms with Crippen molar-refractivity contribution < 1.29 is 8.42 Å². The van der Waals surface area contributed by atoms with Crippen molar-refractivity contribution >= 4 is 9.84 Å². The van der Waals surface area contributed by atoms with Crippen molar-refractivity contribution in [1.29, 1.82) is 0 Å². The van der Waals surface area contributed by atoms with Gasteiger partial charge < -0.3 is 5.32 Å². The molecule has 0 spiro atoms. The predicted octanol–water partition coefficient (Wildman–Crippen LogP) is 3.04. The molecular weight excluding hydrogens is 282 g/mol. The molecular formula is C17H27NO2S. The summed E-state index contributed by atoms with van der Waals surface area (Å²) in [5.74, 6) is 0.337. The van der Waals surface area contributed by atoms with E-state index in [9.17, 15) is 8.42 Å². The summed E-state index contributed by atoms with van der Waals surface area (Å²) in [5.41, 5.74) is 3.81. The first-order valence-corrected chi connectivity index (χ1v) is 9.75. The van der Waals surface area contributed by atoms with Crippen LogP contribution in [0.3, 0.4) is 0 Å². The second-order valence-corrected chi connectivity index (χ2v) is 8.24. The zero-order chi connectivity index (χ0) is 15.5. The summed E-state index contributed by atoms with van der Waals surface area (Å²) in [6, 6.07) is 6.37. The van der Waals surface area contributed by atoms with Gasteiger partial charge in [-0.15, -0.1) is 0 Å². The molecule has 1 aromatic rings. The Kier molecular flexibility index (Phi) is 5.44. The number of aryl methyl sites for hydroxylation is 2. The van der Waals surface area contributed by atoms with Crippen molar-refractivity contribution in [1.82, 2.24) is 5.32 Å². The Balaban J connectivity index is 2.37. The van der Waals surface area contributed by atoms with Gasteiger partial charge in [0.2, 0.25) is 0 Å². The zero-order valence-electron chi connectivity index (χ0n) is 13.4. The van der Waals surface area contributed by atoms with Crippen molar-refractivity contribution in [3.05, 3.63) is 34.9 Å². The number of hydrogen-bond donors (Lipinski definition) is 1. The van der Waals surface area contributed by atoms with Gasteiger partial charge in [0, 0.05) is 6.04 Å². The minimum Gasteiger partial charge on any atom is -0.312 e. The van der Waals surface area contributed by atoms with Crippen LogP contribution < -0.4 is 5.32 Å². The molecule has 2 unspecified atom stereocenters. The van der Waals surface area contributed by atoms with Crippen LogP contribution >= 0.6 is 0 Å². The third-order valence-electron chi connectivity index (χ3n) is 4.66. The molecule has 1 aliphatic heterocycles. The molecule has 3 nitrogen and oxygen atoms in total. The maximum absolute atomic E-state index is 12.4. The van der Waals surface area contributed by atoms with Crippen LogP contribution in [0.25, 0.3) is 0 Å². The van der Waals surface area contributed by atoms with E-state index in [4.69, 9.17) is 0 Å². The van der Waals surface area contributed by atoms with Gasteiger partial charge in [-0.3, -0.25) is 0 Å². The lowest BCUT2D eigenvalue weighted by Crippen LogP contribution is -2.39. The van der Waals surface area contributed by atoms with Gasteiger partial charge in [-0.1, -0.05) is 38.5 Å². The van der Waals surface area contributed by atoms with E-state index in [1.165, 1.54) is 11.1 Å². The van der Waals surface area contributed by atoms with Crippen molar-refractivity contribution in [2.45, 2.75) is 57.2 Å². The molecule has 2 rings (SSSR count). The lowest BCUT2D eigenvalue weighted by Gasteiger charge is -2.30. The standard InChI is InChI=1S/C17H27NO2S/c1-4-13-9-10-15(12-14(13)5-2)17(18-3)16-8-6-7-11-21(16,19)20/h9-10,12,16-18H,4-8,11H2,1-3H3. The fourth-order valence-electron chi connectivity index (χ4n) is 3.43. The van der Waals surface area contributed by atoms with E-state index in [0.717, 1.165) is 37.7 Å². The molecule has 2 atom stereocenters. The lowest BCUT2D eigenvalue weighted by molar-refractivity contribution is 0.469. The highest BCUT2D eigenvalue weighted by Crippen LogP contribution is 2.31. The number of rotatable bonds is 5. The van der Waals surface area contributed by atoms with E-state index in [0.29, 0.717) is 5.75 Å². The zero-order valence-corrected chi connectivity index (χ0v) is 14.2. The average molecular weight is 309 g/mol. The Morgan fingerprint density at radius 1 is 1.19 bits per heavy atom. The number of hydrogen-bond acceptors (Lipinski definition) is 3. The molecule has 118 valence electrons. The fraction of sp³-hybridized carbons (Fsp3) is 0.647. The molecule has 21 heavy (non-hydrogen) atoms. The molecule has 1 fully saturated rings. The third kappa shape index (κ3) is 3.49. The van der Waals surface area contributed by atoms with Crippen molar-refractivity contribution in [2.75, 3.05) is 12.8 Å². The molecule has 0 aliphatic carbocycles. The summed E-state index contributed by atoms with van der Waals surface area (Å²) in [6.07, 6.45) is 4.60. The van der Waals surface area contributed by atoms with Gasteiger partial charge in [0.25, 0.3) is 0 Å². The number of sulfone groups is 1. The summed E-state index contributed by atoms with van der Waals surface area (Å²) in [5, 5.41) is 2.97. The van der Waals surface area contributed by atoms with Gasteiger partial charge in [-0.2, -0.15) is 0 Å². The molecule has 1 aliphatic rings. The van der Waals surface area contributed by atoms with Crippen LogP contribution in [-0.2, 0) is 22.7 Å². The largest absolute Gasteiger partial charge is 0.312 e. The Bertz CT molecular complexity index is 580. The first-order valence-electron chi connectivity index (χ1n) is 8.04. The topological polar surface area (TPSA) is 46.2 Å². The molecule has 1 aromatic carbocycles. The minimum absolute atomic E-state index is 0.0912. The van der Waals surface area contributed by atoms with Gasteiger partial charge >= 0.3 is 0 Å². The second-order valence-electron chi connectivity index (χ2n) is 5.90. The molecule has 0 bridgehead atoms. The summed E-state index contributed by atoms with van der Waals surface area (Å²) in [4.78, 5) is 0. The third-order valence-corrected chi connectivity index (χ3v) is 6.95. The molecule has 0 saturated carbocycles. The normalized spacial score (nSPS) is 22.9. The molecule has 0 aromatic heterocycles. The summed E-state index contributed by atoms with van der Waals surface area (Å²) in [7, 11) is -1.11. The Morgan fingerprint density at radius 2 is 1.90 bits per heavy atom. The molecule has 0 radical (unpaired) electrons. The highest BCUT2D eigenvalue weighted by Gasteiger charge is 2.35. The Labute approximate surface area is 129 Å². The van der Waals surface area contributed by atoms with Crippen LogP contribution in [-0.4, -0.2) is 26.5 Å². The van der Waals surface area contributed by atoms with Gasteiger partial charge in [0.15, 0.2) is 9.84 Å². The van der Waals surface area contributed by atoms with Gasteiger partial charge in [0.1, 0.15) is 0 Å². The van der Waals surface area contributed by atoms with Gasteiger partial charge in [0.05, 0.1) is 11.0 Å². The van der Waals surface area contributed by atoms with Crippen molar-refractivity contribution in [3.8, 4) is 0 Å².